The monoisotopic (exact) mass is 480 g/mol. The molecule has 1 heterocycles. The minimum Gasteiger partial charge on any atom is -0.465 e. The van der Waals surface area contributed by atoms with Crippen LogP contribution in [0.5, 0.6) is 0 Å². The van der Waals surface area contributed by atoms with Crippen molar-refractivity contribution in [3.05, 3.63) is 77.9 Å². The minimum atomic E-state index is -4.03. The van der Waals surface area contributed by atoms with E-state index in [1.807, 2.05) is 0 Å². The Bertz CT molecular complexity index is 1420. The molecule has 0 atom stereocenters. The SMILES string of the molecule is COC(=O)c1ccc(C(=O)OC)c(NC(=O)CN2c3ccccc3-c3ccccc3S2(=O)=O)c1. The topological polar surface area (TPSA) is 119 Å². The number of benzene rings is 3. The van der Waals surface area contributed by atoms with E-state index < -0.39 is 34.4 Å². The maximum absolute atomic E-state index is 13.4. The maximum atomic E-state index is 13.4. The molecule has 4 rings (SSSR count). The van der Waals surface area contributed by atoms with E-state index >= 15 is 0 Å². The summed E-state index contributed by atoms with van der Waals surface area (Å²) >= 11 is 0. The lowest BCUT2D eigenvalue weighted by atomic mass is 10.0. The van der Waals surface area contributed by atoms with Crippen molar-refractivity contribution in [1.82, 2.24) is 0 Å². The van der Waals surface area contributed by atoms with Gasteiger partial charge in [0.25, 0.3) is 10.0 Å². The van der Waals surface area contributed by atoms with Gasteiger partial charge in [-0.1, -0.05) is 36.4 Å². The highest BCUT2D eigenvalue weighted by Gasteiger charge is 2.35. The van der Waals surface area contributed by atoms with Crippen LogP contribution in [0.15, 0.2) is 71.6 Å². The smallest absolute Gasteiger partial charge is 0.339 e. The largest absolute Gasteiger partial charge is 0.465 e. The third-order valence-electron chi connectivity index (χ3n) is 5.33. The number of hydrogen-bond donors (Lipinski definition) is 1. The van der Waals surface area contributed by atoms with Gasteiger partial charge in [0.15, 0.2) is 0 Å². The summed E-state index contributed by atoms with van der Waals surface area (Å²) in [6.07, 6.45) is 0. The zero-order chi connectivity index (χ0) is 24.5. The van der Waals surface area contributed by atoms with Gasteiger partial charge in [0.2, 0.25) is 5.91 Å². The second kappa shape index (κ2) is 8.99. The number of nitrogens with one attached hydrogen (secondary N) is 1. The van der Waals surface area contributed by atoms with Gasteiger partial charge in [-0.05, 0) is 30.3 Å². The number of rotatable bonds is 5. The molecule has 0 aliphatic carbocycles. The van der Waals surface area contributed by atoms with Gasteiger partial charge in [0, 0.05) is 11.1 Å². The lowest BCUT2D eigenvalue weighted by Crippen LogP contribution is -2.40. The number of anilines is 2. The lowest BCUT2D eigenvalue weighted by molar-refractivity contribution is -0.114. The first kappa shape index (κ1) is 23.0. The number of nitrogens with zero attached hydrogens (tertiary/aromatic N) is 1. The van der Waals surface area contributed by atoms with Gasteiger partial charge < -0.3 is 14.8 Å². The van der Waals surface area contributed by atoms with Crippen LogP contribution in [0.25, 0.3) is 11.1 Å². The number of fused-ring (bicyclic) bond motifs is 3. The highest BCUT2D eigenvalue weighted by Crippen LogP contribution is 2.42. The van der Waals surface area contributed by atoms with E-state index in [9.17, 15) is 22.8 Å². The first-order valence-electron chi connectivity index (χ1n) is 10.1. The summed E-state index contributed by atoms with van der Waals surface area (Å²) < 4.78 is 37.2. The molecule has 0 fully saturated rings. The van der Waals surface area contributed by atoms with Crippen molar-refractivity contribution in [2.45, 2.75) is 4.90 Å². The zero-order valence-electron chi connectivity index (χ0n) is 18.3. The second-order valence-electron chi connectivity index (χ2n) is 7.32. The number of hydrogen-bond acceptors (Lipinski definition) is 7. The Kier molecular flexibility index (Phi) is 6.08. The van der Waals surface area contributed by atoms with Crippen molar-refractivity contribution < 1.29 is 32.3 Å². The third-order valence-corrected chi connectivity index (χ3v) is 7.14. The van der Waals surface area contributed by atoms with Crippen LogP contribution in [0.4, 0.5) is 11.4 Å². The average Bonchev–Trinajstić information content (AvgIpc) is 2.85. The number of para-hydroxylation sites is 1. The zero-order valence-corrected chi connectivity index (χ0v) is 19.1. The van der Waals surface area contributed by atoms with E-state index in [2.05, 4.69) is 10.1 Å². The van der Waals surface area contributed by atoms with Gasteiger partial charge in [-0.15, -0.1) is 0 Å². The van der Waals surface area contributed by atoms with Gasteiger partial charge in [0.05, 0.1) is 41.6 Å². The standard InChI is InChI=1S/C24H20N2O7S/c1-32-23(28)15-11-12-18(24(29)33-2)19(13-15)25-22(27)14-26-20-9-5-3-7-16(20)17-8-4-6-10-21(17)34(26,30)31/h3-13H,14H2,1-2H3,(H,25,27). The third kappa shape index (κ3) is 3.99. The minimum absolute atomic E-state index is 0.00394. The predicted molar refractivity (Wildman–Crippen MR) is 124 cm³/mol. The van der Waals surface area contributed by atoms with E-state index in [0.29, 0.717) is 16.8 Å². The molecule has 1 aliphatic rings. The Hall–Kier alpha value is -4.18. The molecule has 9 nitrogen and oxygen atoms in total. The predicted octanol–water partition coefficient (Wildman–Crippen LogP) is 3.07. The molecule has 0 saturated carbocycles. The fraction of sp³-hybridized carbons (Fsp3) is 0.125. The molecule has 0 spiro atoms. The van der Waals surface area contributed by atoms with Crippen molar-refractivity contribution in [2.24, 2.45) is 0 Å². The summed E-state index contributed by atoms with van der Waals surface area (Å²) in [5, 5.41) is 2.53. The van der Waals surface area contributed by atoms with Gasteiger partial charge in [0.1, 0.15) is 6.54 Å². The molecule has 34 heavy (non-hydrogen) atoms. The molecule has 0 radical (unpaired) electrons. The van der Waals surface area contributed by atoms with Crippen LogP contribution < -0.4 is 9.62 Å². The van der Waals surface area contributed by atoms with Crippen molar-refractivity contribution >= 4 is 39.2 Å². The van der Waals surface area contributed by atoms with Gasteiger partial charge in [-0.25, -0.2) is 18.0 Å². The molecule has 1 N–H and O–H groups in total. The first-order chi connectivity index (χ1) is 16.3. The number of ether oxygens (including phenoxy) is 2. The number of sulfonamides is 1. The van der Waals surface area contributed by atoms with Gasteiger partial charge in [-0.2, -0.15) is 0 Å². The van der Waals surface area contributed by atoms with Gasteiger partial charge in [-0.3, -0.25) is 9.10 Å². The Morgan fingerprint density at radius 1 is 0.853 bits per heavy atom. The number of carbonyl (C=O) groups is 3. The Labute approximate surface area is 196 Å². The lowest BCUT2D eigenvalue weighted by Gasteiger charge is -2.31. The van der Waals surface area contributed by atoms with Crippen LogP contribution in [-0.2, 0) is 24.3 Å². The van der Waals surface area contributed by atoms with Crippen molar-refractivity contribution in [1.29, 1.82) is 0 Å². The van der Waals surface area contributed by atoms with E-state index in [1.165, 1.54) is 38.5 Å². The van der Waals surface area contributed by atoms with Crippen LogP contribution in [0, 0.1) is 0 Å². The van der Waals surface area contributed by atoms with Crippen molar-refractivity contribution in [3.8, 4) is 11.1 Å². The van der Waals surface area contributed by atoms with Crippen molar-refractivity contribution in [3.63, 3.8) is 0 Å². The quantitative estimate of drug-likeness (QED) is 0.558. The molecule has 0 saturated heterocycles. The molecule has 1 aliphatic heterocycles. The summed E-state index contributed by atoms with van der Waals surface area (Å²) in [4.78, 5) is 37.2. The highest BCUT2D eigenvalue weighted by molar-refractivity contribution is 7.93. The molecule has 3 aromatic carbocycles. The molecule has 3 aromatic rings. The Balaban J connectivity index is 1.70. The summed E-state index contributed by atoms with van der Waals surface area (Å²) in [6, 6.07) is 17.4. The second-order valence-corrected chi connectivity index (χ2v) is 9.15. The number of carbonyl (C=O) groups excluding carboxylic acids is 3. The molecular weight excluding hydrogens is 460 g/mol. The molecular formula is C24H20N2O7S. The van der Waals surface area contributed by atoms with E-state index in [4.69, 9.17) is 4.74 Å². The number of esters is 2. The van der Waals surface area contributed by atoms with E-state index in [-0.39, 0.29) is 21.7 Å². The molecule has 174 valence electrons. The first-order valence-corrected chi connectivity index (χ1v) is 11.5. The molecule has 0 aromatic heterocycles. The Morgan fingerprint density at radius 3 is 2.21 bits per heavy atom. The van der Waals surface area contributed by atoms with E-state index in [0.717, 1.165) is 4.31 Å². The fourth-order valence-electron chi connectivity index (χ4n) is 3.75. The van der Waals surface area contributed by atoms with Crippen LogP contribution in [0.3, 0.4) is 0 Å². The van der Waals surface area contributed by atoms with Crippen molar-refractivity contribution in [2.75, 3.05) is 30.4 Å². The number of methoxy groups -OCH3 is 2. The number of amides is 1. The molecule has 0 unspecified atom stereocenters. The normalized spacial score (nSPS) is 13.3. The average molecular weight is 480 g/mol. The van der Waals surface area contributed by atoms with Gasteiger partial charge >= 0.3 is 11.9 Å². The molecule has 10 heteroatoms. The summed E-state index contributed by atoms with van der Waals surface area (Å²) in [7, 11) is -1.66. The van der Waals surface area contributed by atoms with Crippen LogP contribution >= 0.6 is 0 Å². The summed E-state index contributed by atoms with van der Waals surface area (Å²) in [5.41, 5.74) is 1.65. The van der Waals surface area contributed by atoms with Crippen LogP contribution in [0.2, 0.25) is 0 Å². The summed E-state index contributed by atoms with van der Waals surface area (Å²) in [6.45, 7) is -0.559. The van der Waals surface area contributed by atoms with Crippen LogP contribution in [0.1, 0.15) is 20.7 Å². The fourth-order valence-corrected chi connectivity index (χ4v) is 5.40. The highest BCUT2D eigenvalue weighted by atomic mass is 32.2. The molecule has 1 amide bonds. The Morgan fingerprint density at radius 2 is 1.50 bits per heavy atom. The molecule has 0 bridgehead atoms. The van der Waals surface area contributed by atoms with Crippen LogP contribution in [-0.4, -0.2) is 47.0 Å². The summed E-state index contributed by atoms with van der Waals surface area (Å²) in [5.74, 6) is -2.13. The van der Waals surface area contributed by atoms with E-state index in [1.54, 1.807) is 42.5 Å². The maximum Gasteiger partial charge on any atom is 0.339 e.